The van der Waals surface area contributed by atoms with E-state index in [-0.39, 0.29) is 18.1 Å². The van der Waals surface area contributed by atoms with Crippen molar-refractivity contribution < 1.29 is 14.0 Å². The van der Waals surface area contributed by atoms with Crippen LogP contribution < -0.4 is 5.32 Å². The van der Waals surface area contributed by atoms with Gasteiger partial charge in [0, 0.05) is 0 Å². The molecule has 0 saturated carbocycles. The monoisotopic (exact) mass is 443 g/mol. The summed E-state index contributed by atoms with van der Waals surface area (Å²) in [5, 5.41) is 5.16. The van der Waals surface area contributed by atoms with Gasteiger partial charge in [-0.05, 0) is 40.5 Å². The first kappa shape index (κ1) is 21.9. The SMILES string of the molecule is O=C(Cc1cccc2ccccc12)N[C@@H](Cc1ccccc1)C(=O)CSCc1ccco1. The number of amides is 1. The van der Waals surface area contributed by atoms with Crippen molar-refractivity contribution in [2.45, 2.75) is 24.6 Å². The largest absolute Gasteiger partial charge is 0.468 e. The van der Waals surface area contributed by atoms with Crippen LogP contribution in [-0.2, 0) is 28.2 Å². The molecule has 0 aliphatic rings. The van der Waals surface area contributed by atoms with Gasteiger partial charge in [0.25, 0.3) is 0 Å². The van der Waals surface area contributed by atoms with Gasteiger partial charge in [-0.15, -0.1) is 11.8 Å². The number of furan rings is 1. The minimum Gasteiger partial charge on any atom is -0.468 e. The zero-order chi connectivity index (χ0) is 22.2. The Labute approximate surface area is 192 Å². The van der Waals surface area contributed by atoms with E-state index >= 15 is 0 Å². The van der Waals surface area contributed by atoms with Gasteiger partial charge in [0.1, 0.15) is 5.76 Å². The molecule has 0 unspecified atom stereocenters. The molecule has 0 radical (unpaired) electrons. The van der Waals surface area contributed by atoms with E-state index in [4.69, 9.17) is 4.42 Å². The molecule has 1 amide bonds. The minimum atomic E-state index is -0.566. The van der Waals surface area contributed by atoms with Crippen LogP contribution in [-0.4, -0.2) is 23.5 Å². The van der Waals surface area contributed by atoms with Crippen LogP contribution in [0.5, 0.6) is 0 Å². The summed E-state index contributed by atoms with van der Waals surface area (Å²) in [5.74, 6) is 1.64. The molecule has 4 aromatic rings. The van der Waals surface area contributed by atoms with Crippen molar-refractivity contribution in [1.29, 1.82) is 0 Å². The van der Waals surface area contributed by atoms with E-state index in [0.29, 0.717) is 17.9 Å². The van der Waals surface area contributed by atoms with Gasteiger partial charge >= 0.3 is 0 Å². The van der Waals surface area contributed by atoms with Crippen molar-refractivity contribution in [2.75, 3.05) is 5.75 Å². The molecule has 0 spiro atoms. The lowest BCUT2D eigenvalue weighted by molar-refractivity contribution is -0.126. The van der Waals surface area contributed by atoms with Crippen molar-refractivity contribution in [1.82, 2.24) is 5.32 Å². The average Bonchev–Trinajstić information content (AvgIpc) is 3.33. The zero-order valence-electron chi connectivity index (χ0n) is 17.7. The number of carbonyl (C=O) groups excluding carboxylic acids is 2. The van der Waals surface area contributed by atoms with Crippen molar-refractivity contribution in [3.8, 4) is 0 Å². The van der Waals surface area contributed by atoms with Crippen molar-refractivity contribution in [2.24, 2.45) is 0 Å². The second kappa shape index (κ2) is 10.8. The Balaban J connectivity index is 1.43. The molecule has 162 valence electrons. The summed E-state index contributed by atoms with van der Waals surface area (Å²) in [5.41, 5.74) is 1.98. The van der Waals surface area contributed by atoms with E-state index in [1.807, 2.05) is 84.9 Å². The molecule has 0 bridgehead atoms. The Hall–Kier alpha value is -3.31. The van der Waals surface area contributed by atoms with Gasteiger partial charge in [-0.1, -0.05) is 72.8 Å². The maximum Gasteiger partial charge on any atom is 0.225 e. The number of nitrogens with one attached hydrogen (secondary N) is 1. The van der Waals surface area contributed by atoms with E-state index in [2.05, 4.69) is 5.32 Å². The number of ketones is 1. The molecule has 1 atom stereocenters. The Morgan fingerprint density at radius 1 is 0.875 bits per heavy atom. The van der Waals surface area contributed by atoms with Gasteiger partial charge < -0.3 is 9.73 Å². The highest BCUT2D eigenvalue weighted by molar-refractivity contribution is 7.99. The van der Waals surface area contributed by atoms with E-state index < -0.39 is 6.04 Å². The molecule has 4 nitrogen and oxygen atoms in total. The highest BCUT2D eigenvalue weighted by Gasteiger charge is 2.21. The predicted octanol–water partition coefficient (Wildman–Crippen LogP) is 5.21. The second-order valence-corrected chi connectivity index (χ2v) is 8.65. The number of rotatable bonds is 10. The number of thioether (sulfide) groups is 1. The first-order valence-corrected chi connectivity index (χ1v) is 11.8. The van der Waals surface area contributed by atoms with Gasteiger partial charge in [0.05, 0.1) is 30.2 Å². The maximum absolute atomic E-state index is 13.0. The van der Waals surface area contributed by atoms with Crippen LogP contribution in [0.15, 0.2) is 95.6 Å². The van der Waals surface area contributed by atoms with Crippen LogP contribution >= 0.6 is 11.8 Å². The van der Waals surface area contributed by atoms with Crippen LogP contribution in [0.3, 0.4) is 0 Å². The molecule has 0 aliphatic carbocycles. The van der Waals surface area contributed by atoms with Crippen LogP contribution in [0.25, 0.3) is 10.8 Å². The first-order chi connectivity index (χ1) is 15.7. The fraction of sp³-hybridized carbons (Fsp3) is 0.185. The van der Waals surface area contributed by atoms with E-state index in [1.54, 1.807) is 6.26 Å². The summed E-state index contributed by atoms with van der Waals surface area (Å²) in [6.45, 7) is 0. The summed E-state index contributed by atoms with van der Waals surface area (Å²) in [4.78, 5) is 25.9. The number of hydrogen-bond acceptors (Lipinski definition) is 4. The second-order valence-electron chi connectivity index (χ2n) is 7.66. The van der Waals surface area contributed by atoms with Gasteiger partial charge in [0.2, 0.25) is 5.91 Å². The molecule has 0 saturated heterocycles. The fourth-order valence-electron chi connectivity index (χ4n) is 3.71. The smallest absolute Gasteiger partial charge is 0.225 e. The van der Waals surface area contributed by atoms with Gasteiger partial charge in [-0.25, -0.2) is 0 Å². The van der Waals surface area contributed by atoms with Gasteiger partial charge in [-0.2, -0.15) is 0 Å². The molecule has 1 N–H and O–H groups in total. The molecule has 0 fully saturated rings. The number of fused-ring (bicyclic) bond motifs is 1. The Kier molecular flexibility index (Phi) is 7.41. The fourth-order valence-corrected chi connectivity index (χ4v) is 4.58. The molecule has 4 rings (SSSR count). The molecule has 0 aliphatic heterocycles. The molecule has 5 heteroatoms. The van der Waals surface area contributed by atoms with E-state index in [0.717, 1.165) is 27.7 Å². The maximum atomic E-state index is 13.0. The lowest BCUT2D eigenvalue weighted by Gasteiger charge is -2.18. The number of hydrogen-bond donors (Lipinski definition) is 1. The van der Waals surface area contributed by atoms with Crippen molar-refractivity contribution in [3.05, 3.63) is 108 Å². The van der Waals surface area contributed by atoms with Crippen molar-refractivity contribution >= 4 is 34.2 Å². The lowest BCUT2D eigenvalue weighted by atomic mass is 10.0. The molecule has 1 heterocycles. The third kappa shape index (κ3) is 5.89. The zero-order valence-corrected chi connectivity index (χ0v) is 18.5. The Morgan fingerprint density at radius 3 is 2.47 bits per heavy atom. The predicted molar refractivity (Wildman–Crippen MR) is 130 cm³/mol. The number of benzene rings is 3. The molecular formula is C27H25NO3S. The van der Waals surface area contributed by atoms with Crippen LogP contribution in [0, 0.1) is 0 Å². The summed E-state index contributed by atoms with van der Waals surface area (Å²) in [6, 6.07) is 26.9. The van der Waals surface area contributed by atoms with Gasteiger partial charge in [-0.3, -0.25) is 9.59 Å². The highest BCUT2D eigenvalue weighted by atomic mass is 32.2. The standard InChI is InChI=1S/C27H25NO3S/c29-26(19-32-18-23-13-7-15-31-23)25(16-20-8-2-1-3-9-20)28-27(30)17-22-12-6-11-21-10-4-5-14-24(21)22/h1-15,25H,16-19H2,(H,28,30)/t25-/m0/s1. The topological polar surface area (TPSA) is 59.3 Å². The minimum absolute atomic E-state index is 0.0108. The quantitative estimate of drug-likeness (QED) is 0.366. The summed E-state index contributed by atoms with van der Waals surface area (Å²) >= 11 is 1.50. The summed E-state index contributed by atoms with van der Waals surface area (Å²) < 4.78 is 5.34. The Bertz CT molecular complexity index is 1170. The van der Waals surface area contributed by atoms with Crippen LogP contribution in [0.2, 0.25) is 0 Å². The molecular weight excluding hydrogens is 418 g/mol. The highest BCUT2D eigenvalue weighted by Crippen LogP contribution is 2.19. The third-order valence-corrected chi connectivity index (χ3v) is 6.28. The summed E-state index contributed by atoms with van der Waals surface area (Å²) in [6.07, 6.45) is 2.34. The molecule has 1 aromatic heterocycles. The summed E-state index contributed by atoms with van der Waals surface area (Å²) in [7, 11) is 0. The van der Waals surface area contributed by atoms with E-state index in [9.17, 15) is 9.59 Å². The van der Waals surface area contributed by atoms with Gasteiger partial charge in [0.15, 0.2) is 5.78 Å². The molecule has 32 heavy (non-hydrogen) atoms. The van der Waals surface area contributed by atoms with Crippen molar-refractivity contribution in [3.63, 3.8) is 0 Å². The average molecular weight is 444 g/mol. The van der Waals surface area contributed by atoms with Crippen LogP contribution in [0.1, 0.15) is 16.9 Å². The normalized spacial score (nSPS) is 11.9. The Morgan fingerprint density at radius 2 is 1.66 bits per heavy atom. The van der Waals surface area contributed by atoms with Crippen LogP contribution in [0.4, 0.5) is 0 Å². The molecule has 3 aromatic carbocycles. The lowest BCUT2D eigenvalue weighted by Crippen LogP contribution is -2.44. The van der Waals surface area contributed by atoms with E-state index in [1.165, 1.54) is 11.8 Å². The number of carbonyl (C=O) groups is 2. The third-order valence-electron chi connectivity index (χ3n) is 5.31. The first-order valence-electron chi connectivity index (χ1n) is 10.6. The number of Topliss-reactive ketones (excluding diaryl/α,β-unsaturated/α-hetero) is 1.